The molecule has 0 spiro atoms. The van der Waals surface area contributed by atoms with Gasteiger partial charge in [0.25, 0.3) is 0 Å². The van der Waals surface area contributed by atoms with Gasteiger partial charge < -0.3 is 15.7 Å². The molecule has 2 unspecified atom stereocenters. The van der Waals surface area contributed by atoms with Crippen LogP contribution in [-0.4, -0.2) is 35.2 Å². The molecule has 2 rings (SSSR count). The highest BCUT2D eigenvalue weighted by molar-refractivity contribution is 14.0. The number of nitrogens with one attached hydrogen (secondary N) is 2. The molecule has 22 heavy (non-hydrogen) atoms. The Morgan fingerprint density at radius 1 is 1.36 bits per heavy atom. The first-order chi connectivity index (χ1) is 10.1. The quantitative estimate of drug-likeness (QED) is 0.376. The van der Waals surface area contributed by atoms with E-state index in [0.29, 0.717) is 12.5 Å². The predicted octanol–water partition coefficient (Wildman–Crippen LogP) is 2.59. The van der Waals surface area contributed by atoms with Gasteiger partial charge in [-0.3, -0.25) is 0 Å². The predicted molar refractivity (Wildman–Crippen MR) is 103 cm³/mol. The highest BCUT2D eigenvalue weighted by Gasteiger charge is 2.24. The second kappa shape index (κ2) is 9.67. The van der Waals surface area contributed by atoms with E-state index in [0.717, 1.165) is 49.0 Å². The summed E-state index contributed by atoms with van der Waals surface area (Å²) in [6.07, 6.45) is 2.99. The maximum absolute atomic E-state index is 9.87. The van der Waals surface area contributed by atoms with Crippen LogP contribution >= 0.6 is 35.3 Å². The van der Waals surface area contributed by atoms with Crippen molar-refractivity contribution in [1.82, 2.24) is 15.6 Å². The molecule has 0 bridgehead atoms. The lowest BCUT2D eigenvalue weighted by molar-refractivity contribution is 0.134. The van der Waals surface area contributed by atoms with Crippen LogP contribution in [0.5, 0.6) is 0 Å². The van der Waals surface area contributed by atoms with Crippen LogP contribution < -0.4 is 10.6 Å². The second-order valence-corrected chi connectivity index (χ2v) is 6.86. The third-order valence-electron chi connectivity index (χ3n) is 3.88. The third kappa shape index (κ3) is 5.66. The smallest absolute Gasteiger partial charge is 0.191 e. The minimum Gasteiger partial charge on any atom is -0.393 e. The maximum Gasteiger partial charge on any atom is 0.191 e. The molecule has 0 amide bonds. The first-order valence-electron chi connectivity index (χ1n) is 7.73. The van der Waals surface area contributed by atoms with Crippen LogP contribution in [0.15, 0.2) is 4.99 Å². The van der Waals surface area contributed by atoms with Crippen molar-refractivity contribution >= 4 is 41.3 Å². The van der Waals surface area contributed by atoms with Crippen molar-refractivity contribution in [3.05, 3.63) is 15.6 Å². The molecule has 3 N–H and O–H groups in total. The minimum atomic E-state index is -0.160. The van der Waals surface area contributed by atoms with Crippen molar-refractivity contribution < 1.29 is 5.11 Å². The van der Waals surface area contributed by atoms with Gasteiger partial charge in [-0.05, 0) is 33.6 Å². The van der Waals surface area contributed by atoms with E-state index in [-0.39, 0.29) is 30.1 Å². The normalized spacial score (nSPS) is 21.5. The number of aliphatic hydroxyl groups excluding tert-OH is 1. The molecule has 1 aliphatic carbocycles. The largest absolute Gasteiger partial charge is 0.393 e. The number of aliphatic hydroxyl groups is 1. The van der Waals surface area contributed by atoms with E-state index in [2.05, 4.69) is 27.5 Å². The number of aryl methyl sites for hydroxylation is 2. The van der Waals surface area contributed by atoms with Gasteiger partial charge in [-0.15, -0.1) is 35.3 Å². The lowest BCUT2D eigenvalue weighted by Gasteiger charge is -2.17. The minimum absolute atomic E-state index is 0. The fraction of sp³-hybridized carbons (Fsp3) is 0.733. The fourth-order valence-corrected chi connectivity index (χ4v) is 3.56. The molecular formula is C15H27IN4OS. The summed E-state index contributed by atoms with van der Waals surface area (Å²) in [5.74, 6) is 1.17. The first-order valence-corrected chi connectivity index (χ1v) is 8.55. The molecule has 1 heterocycles. The van der Waals surface area contributed by atoms with Gasteiger partial charge in [0.1, 0.15) is 0 Å². The third-order valence-corrected chi connectivity index (χ3v) is 4.93. The number of guanidine groups is 1. The van der Waals surface area contributed by atoms with E-state index in [1.165, 1.54) is 4.88 Å². The van der Waals surface area contributed by atoms with Gasteiger partial charge in [-0.2, -0.15) is 0 Å². The van der Waals surface area contributed by atoms with Crippen LogP contribution in [0.4, 0.5) is 0 Å². The van der Waals surface area contributed by atoms with Crippen molar-refractivity contribution in [3.63, 3.8) is 0 Å². The van der Waals surface area contributed by atoms with Gasteiger partial charge in [-0.25, -0.2) is 9.98 Å². The van der Waals surface area contributed by atoms with Gasteiger partial charge >= 0.3 is 0 Å². The molecule has 7 heteroatoms. The molecule has 126 valence electrons. The van der Waals surface area contributed by atoms with Gasteiger partial charge in [0.2, 0.25) is 0 Å². The van der Waals surface area contributed by atoms with Crippen molar-refractivity contribution in [2.75, 3.05) is 13.1 Å². The molecule has 0 saturated heterocycles. The summed E-state index contributed by atoms with van der Waals surface area (Å²) in [6.45, 7) is 8.39. The maximum atomic E-state index is 9.87. The van der Waals surface area contributed by atoms with E-state index in [9.17, 15) is 5.11 Å². The van der Waals surface area contributed by atoms with Crippen LogP contribution in [0.1, 0.15) is 41.8 Å². The second-order valence-electron chi connectivity index (χ2n) is 5.58. The highest BCUT2D eigenvalue weighted by Crippen LogP contribution is 2.24. The van der Waals surface area contributed by atoms with Crippen LogP contribution in [0.3, 0.4) is 0 Å². The van der Waals surface area contributed by atoms with Crippen molar-refractivity contribution in [3.8, 4) is 0 Å². The number of nitrogens with zero attached hydrogens (tertiary/aromatic N) is 2. The number of rotatable bonds is 5. The molecular weight excluding hydrogens is 411 g/mol. The molecule has 0 aromatic carbocycles. The van der Waals surface area contributed by atoms with Crippen LogP contribution in [0, 0.1) is 19.8 Å². The van der Waals surface area contributed by atoms with E-state index in [1.807, 2.05) is 13.8 Å². The fourth-order valence-electron chi connectivity index (χ4n) is 2.70. The molecule has 2 atom stereocenters. The zero-order valence-corrected chi connectivity index (χ0v) is 16.7. The van der Waals surface area contributed by atoms with Crippen molar-refractivity contribution in [2.45, 2.75) is 52.7 Å². The summed E-state index contributed by atoms with van der Waals surface area (Å²) < 4.78 is 0. The average molecular weight is 438 g/mol. The summed E-state index contributed by atoms with van der Waals surface area (Å²) in [5, 5.41) is 17.6. The number of hydrogen-bond acceptors (Lipinski definition) is 4. The van der Waals surface area contributed by atoms with Crippen LogP contribution in [0.25, 0.3) is 0 Å². The molecule has 1 saturated carbocycles. The average Bonchev–Trinajstić information content (AvgIpc) is 2.99. The Balaban J connectivity index is 0.00000242. The molecule has 1 fully saturated rings. The standard InChI is InChI=1S/C15H26N4OS.HI/c1-4-16-15(17-8-12-6-5-7-13(12)20)18-9-14-10(2)19-11(3)21-14;/h12-13,20H,4-9H2,1-3H3,(H2,16,17,18);1H. The summed E-state index contributed by atoms with van der Waals surface area (Å²) in [6, 6.07) is 0. The van der Waals surface area contributed by atoms with E-state index in [4.69, 9.17) is 0 Å². The first kappa shape index (κ1) is 19.6. The molecule has 0 radical (unpaired) electrons. The van der Waals surface area contributed by atoms with Gasteiger partial charge in [-0.1, -0.05) is 6.42 Å². The van der Waals surface area contributed by atoms with Crippen LogP contribution in [-0.2, 0) is 6.54 Å². The van der Waals surface area contributed by atoms with Crippen molar-refractivity contribution in [1.29, 1.82) is 0 Å². The molecule has 1 aromatic rings. The van der Waals surface area contributed by atoms with Gasteiger partial charge in [0.15, 0.2) is 5.96 Å². The zero-order chi connectivity index (χ0) is 15.2. The summed E-state index contributed by atoms with van der Waals surface area (Å²) in [4.78, 5) is 10.3. The van der Waals surface area contributed by atoms with Crippen LogP contribution in [0.2, 0.25) is 0 Å². The summed E-state index contributed by atoms with van der Waals surface area (Å²) in [5.41, 5.74) is 1.07. The monoisotopic (exact) mass is 438 g/mol. The molecule has 0 aliphatic heterocycles. The number of aromatic nitrogens is 1. The number of hydrogen-bond donors (Lipinski definition) is 3. The highest BCUT2D eigenvalue weighted by atomic mass is 127. The Labute approximate surface area is 154 Å². The molecule has 5 nitrogen and oxygen atoms in total. The topological polar surface area (TPSA) is 69.5 Å². The summed E-state index contributed by atoms with van der Waals surface area (Å²) in [7, 11) is 0. The SMILES string of the molecule is CCNC(=NCc1sc(C)nc1C)NCC1CCCC1O.I. The van der Waals surface area contributed by atoms with Gasteiger partial charge in [0.05, 0.1) is 23.4 Å². The Kier molecular flexibility index (Phi) is 8.63. The Bertz CT molecular complexity index is 492. The zero-order valence-electron chi connectivity index (χ0n) is 13.6. The summed E-state index contributed by atoms with van der Waals surface area (Å²) >= 11 is 1.70. The van der Waals surface area contributed by atoms with Gasteiger partial charge in [0, 0.05) is 23.9 Å². The lowest BCUT2D eigenvalue weighted by atomic mass is 10.1. The molecule has 1 aromatic heterocycles. The van der Waals surface area contributed by atoms with E-state index in [1.54, 1.807) is 11.3 Å². The number of thiazole rings is 1. The lowest BCUT2D eigenvalue weighted by Crippen LogP contribution is -2.41. The Morgan fingerprint density at radius 2 is 2.14 bits per heavy atom. The Morgan fingerprint density at radius 3 is 2.68 bits per heavy atom. The molecule has 1 aliphatic rings. The van der Waals surface area contributed by atoms with Crippen molar-refractivity contribution in [2.24, 2.45) is 10.9 Å². The Hall–Kier alpha value is -0.410. The van der Waals surface area contributed by atoms with E-state index < -0.39 is 0 Å². The van der Waals surface area contributed by atoms with E-state index >= 15 is 0 Å². The number of aliphatic imine (C=N–C) groups is 1. The number of halogens is 1.